The van der Waals surface area contributed by atoms with Crippen molar-refractivity contribution in [1.82, 2.24) is 4.98 Å². The first-order valence-electron chi connectivity index (χ1n) is 7.94. The van der Waals surface area contributed by atoms with Crippen LogP contribution in [0.4, 0.5) is 11.5 Å². The van der Waals surface area contributed by atoms with Crippen molar-refractivity contribution in [3.05, 3.63) is 18.3 Å². The largest absolute Gasteiger partial charge is 0.384 e. The molecule has 20 heavy (non-hydrogen) atoms. The van der Waals surface area contributed by atoms with E-state index in [9.17, 15) is 0 Å². The van der Waals surface area contributed by atoms with E-state index >= 15 is 0 Å². The molecule has 3 rings (SSSR count). The van der Waals surface area contributed by atoms with Crippen molar-refractivity contribution in [3.8, 4) is 0 Å². The number of pyridine rings is 1. The summed E-state index contributed by atoms with van der Waals surface area (Å²) in [7, 11) is 0. The van der Waals surface area contributed by atoms with Gasteiger partial charge in [-0.3, -0.25) is 0 Å². The molecule has 1 aromatic rings. The molecular weight excluding hydrogens is 250 g/mol. The maximum Gasteiger partial charge on any atom is 0.128 e. The van der Waals surface area contributed by atoms with Crippen molar-refractivity contribution < 1.29 is 4.74 Å². The molecule has 0 aromatic carbocycles. The van der Waals surface area contributed by atoms with Gasteiger partial charge in [0.25, 0.3) is 0 Å². The molecule has 0 atom stereocenters. The Morgan fingerprint density at radius 1 is 1.15 bits per heavy atom. The van der Waals surface area contributed by atoms with E-state index < -0.39 is 0 Å². The summed E-state index contributed by atoms with van der Waals surface area (Å²) in [4.78, 5) is 6.86. The number of hydrogen-bond donors (Lipinski definition) is 1. The van der Waals surface area contributed by atoms with E-state index in [-0.39, 0.29) is 0 Å². The van der Waals surface area contributed by atoms with Crippen LogP contribution in [0.25, 0.3) is 0 Å². The standard InChI is InChI=1S/C16H25N3O/c1-2-4-14(5-3-1)12-17-15-6-7-16(18-13-15)19-8-10-20-11-9-19/h6-7,13-14,17H,1-5,8-12H2. The summed E-state index contributed by atoms with van der Waals surface area (Å²) >= 11 is 0. The summed E-state index contributed by atoms with van der Waals surface area (Å²) < 4.78 is 5.37. The molecule has 1 N–H and O–H groups in total. The smallest absolute Gasteiger partial charge is 0.128 e. The number of morpholine rings is 1. The molecule has 1 aliphatic heterocycles. The average molecular weight is 275 g/mol. The fourth-order valence-electron chi connectivity index (χ4n) is 3.12. The minimum Gasteiger partial charge on any atom is -0.384 e. The molecular formula is C16H25N3O. The lowest BCUT2D eigenvalue weighted by atomic mass is 9.89. The average Bonchev–Trinajstić information content (AvgIpc) is 2.55. The first-order chi connectivity index (χ1) is 9.92. The highest BCUT2D eigenvalue weighted by Crippen LogP contribution is 2.24. The Bertz CT molecular complexity index is 395. The summed E-state index contributed by atoms with van der Waals surface area (Å²) in [6, 6.07) is 4.27. The SMILES string of the molecule is c1cc(N2CCOCC2)ncc1NCC1CCCCC1. The molecule has 4 heteroatoms. The Balaban J connectivity index is 1.50. The van der Waals surface area contributed by atoms with Crippen LogP contribution in [0, 0.1) is 5.92 Å². The van der Waals surface area contributed by atoms with E-state index in [4.69, 9.17) is 4.74 Å². The molecule has 0 radical (unpaired) electrons. The van der Waals surface area contributed by atoms with Gasteiger partial charge in [0.2, 0.25) is 0 Å². The van der Waals surface area contributed by atoms with Gasteiger partial charge < -0.3 is 15.0 Å². The zero-order chi connectivity index (χ0) is 13.6. The van der Waals surface area contributed by atoms with E-state index in [1.54, 1.807) is 0 Å². The van der Waals surface area contributed by atoms with E-state index in [0.29, 0.717) is 0 Å². The second kappa shape index (κ2) is 6.93. The monoisotopic (exact) mass is 275 g/mol. The summed E-state index contributed by atoms with van der Waals surface area (Å²) in [5, 5.41) is 3.54. The molecule has 0 unspecified atom stereocenters. The highest BCUT2D eigenvalue weighted by atomic mass is 16.5. The molecule has 1 aromatic heterocycles. The molecule has 0 spiro atoms. The van der Waals surface area contributed by atoms with Gasteiger partial charge in [-0.1, -0.05) is 19.3 Å². The van der Waals surface area contributed by atoms with Crippen LogP contribution in [0.1, 0.15) is 32.1 Å². The van der Waals surface area contributed by atoms with E-state index in [1.807, 2.05) is 6.20 Å². The Labute approximate surface area is 121 Å². The topological polar surface area (TPSA) is 37.4 Å². The minimum atomic E-state index is 0.809. The van der Waals surface area contributed by atoms with Crippen molar-refractivity contribution in [1.29, 1.82) is 0 Å². The normalized spacial score (nSPS) is 20.9. The number of nitrogens with one attached hydrogen (secondary N) is 1. The third-order valence-electron chi connectivity index (χ3n) is 4.40. The number of anilines is 2. The van der Waals surface area contributed by atoms with Crippen molar-refractivity contribution in [2.45, 2.75) is 32.1 Å². The molecule has 0 amide bonds. The first kappa shape index (κ1) is 13.7. The molecule has 0 bridgehead atoms. The number of rotatable bonds is 4. The second-order valence-electron chi connectivity index (χ2n) is 5.89. The number of nitrogens with zero attached hydrogens (tertiary/aromatic N) is 2. The highest BCUT2D eigenvalue weighted by molar-refractivity contribution is 5.48. The quantitative estimate of drug-likeness (QED) is 0.917. The van der Waals surface area contributed by atoms with Gasteiger partial charge in [-0.15, -0.1) is 0 Å². The number of ether oxygens (including phenoxy) is 1. The van der Waals surface area contributed by atoms with Crippen molar-refractivity contribution in [2.75, 3.05) is 43.1 Å². The van der Waals surface area contributed by atoms with Crippen LogP contribution in [-0.4, -0.2) is 37.8 Å². The maximum atomic E-state index is 5.37. The van der Waals surface area contributed by atoms with E-state index in [1.165, 1.54) is 32.1 Å². The second-order valence-corrected chi connectivity index (χ2v) is 5.89. The van der Waals surface area contributed by atoms with Gasteiger partial charge in [0.1, 0.15) is 5.82 Å². The lowest BCUT2D eigenvalue weighted by Gasteiger charge is -2.28. The summed E-state index contributed by atoms with van der Waals surface area (Å²) in [6.07, 6.45) is 8.96. The number of aromatic nitrogens is 1. The van der Waals surface area contributed by atoms with Gasteiger partial charge in [0.05, 0.1) is 25.1 Å². The van der Waals surface area contributed by atoms with Crippen LogP contribution < -0.4 is 10.2 Å². The molecule has 2 heterocycles. The first-order valence-corrected chi connectivity index (χ1v) is 7.94. The highest BCUT2D eigenvalue weighted by Gasteiger charge is 2.14. The predicted octanol–water partition coefficient (Wildman–Crippen LogP) is 2.91. The molecule has 110 valence electrons. The molecule has 1 aliphatic carbocycles. The lowest BCUT2D eigenvalue weighted by Crippen LogP contribution is -2.36. The Hall–Kier alpha value is -1.29. The fourth-order valence-corrected chi connectivity index (χ4v) is 3.12. The lowest BCUT2D eigenvalue weighted by molar-refractivity contribution is 0.122. The number of hydrogen-bond acceptors (Lipinski definition) is 4. The van der Waals surface area contributed by atoms with Crippen molar-refractivity contribution >= 4 is 11.5 Å². The van der Waals surface area contributed by atoms with Gasteiger partial charge >= 0.3 is 0 Å². The zero-order valence-corrected chi connectivity index (χ0v) is 12.2. The summed E-state index contributed by atoms with van der Waals surface area (Å²) in [5.74, 6) is 1.92. The minimum absolute atomic E-state index is 0.809. The molecule has 2 fully saturated rings. The Morgan fingerprint density at radius 3 is 2.65 bits per heavy atom. The Morgan fingerprint density at radius 2 is 1.95 bits per heavy atom. The van der Waals surface area contributed by atoms with Gasteiger partial charge in [-0.2, -0.15) is 0 Å². The summed E-state index contributed by atoms with van der Waals surface area (Å²) in [5.41, 5.74) is 1.15. The van der Waals surface area contributed by atoms with Crippen LogP contribution in [0.2, 0.25) is 0 Å². The third-order valence-corrected chi connectivity index (χ3v) is 4.40. The predicted molar refractivity (Wildman–Crippen MR) is 82.3 cm³/mol. The van der Waals surface area contributed by atoms with Crippen LogP contribution in [0.15, 0.2) is 18.3 Å². The summed E-state index contributed by atoms with van der Waals surface area (Å²) in [6.45, 7) is 4.61. The third kappa shape index (κ3) is 3.63. The molecule has 4 nitrogen and oxygen atoms in total. The van der Waals surface area contributed by atoms with Crippen LogP contribution >= 0.6 is 0 Å². The fraction of sp³-hybridized carbons (Fsp3) is 0.688. The van der Waals surface area contributed by atoms with Crippen LogP contribution in [0.5, 0.6) is 0 Å². The Kier molecular flexibility index (Phi) is 4.74. The van der Waals surface area contributed by atoms with Crippen molar-refractivity contribution in [3.63, 3.8) is 0 Å². The van der Waals surface area contributed by atoms with Crippen molar-refractivity contribution in [2.24, 2.45) is 5.92 Å². The molecule has 1 saturated carbocycles. The van der Waals surface area contributed by atoms with Crippen LogP contribution in [-0.2, 0) is 4.74 Å². The van der Waals surface area contributed by atoms with Crippen LogP contribution in [0.3, 0.4) is 0 Å². The molecule has 1 saturated heterocycles. The molecule has 2 aliphatic rings. The van der Waals surface area contributed by atoms with E-state index in [0.717, 1.165) is 50.3 Å². The maximum absolute atomic E-state index is 5.37. The van der Waals surface area contributed by atoms with Gasteiger partial charge in [-0.25, -0.2) is 4.98 Å². The van der Waals surface area contributed by atoms with Gasteiger partial charge in [-0.05, 0) is 30.9 Å². The van der Waals surface area contributed by atoms with E-state index in [2.05, 4.69) is 27.3 Å². The zero-order valence-electron chi connectivity index (χ0n) is 12.2. The van der Waals surface area contributed by atoms with Gasteiger partial charge in [0.15, 0.2) is 0 Å². The van der Waals surface area contributed by atoms with Gasteiger partial charge in [0, 0.05) is 19.6 Å².